The molecule has 6 heteroatoms. The Hall–Kier alpha value is -0.980. The number of Topliss-reactive ketones (excluding diaryl/α,β-unsaturated/α-hetero) is 1. The van der Waals surface area contributed by atoms with Gasteiger partial charge in [0, 0.05) is 40.2 Å². The largest absolute Gasteiger partial charge is 0.378 e. The topological polar surface area (TPSA) is 45.7 Å². The number of hydrogen-bond donors (Lipinski definition) is 0. The number of thiazole rings is 1. The first-order chi connectivity index (χ1) is 8.61. The molecule has 1 aliphatic rings. The number of ether oxygens (including phenoxy) is 1. The normalized spacial score (nSPS) is 17.2. The summed E-state index contributed by atoms with van der Waals surface area (Å²) in [5.41, 5.74) is 0.768. The second kappa shape index (κ2) is 5.77. The van der Waals surface area contributed by atoms with Crippen molar-refractivity contribution in [3.05, 3.63) is 10.6 Å². The summed E-state index contributed by atoms with van der Waals surface area (Å²) in [6.45, 7) is 5.99. The average molecular weight is 269 g/mol. The quantitative estimate of drug-likeness (QED) is 0.770. The lowest BCUT2D eigenvalue weighted by Crippen LogP contribution is -2.44. The van der Waals surface area contributed by atoms with Crippen molar-refractivity contribution in [2.75, 3.05) is 45.2 Å². The van der Waals surface area contributed by atoms with Crippen LogP contribution < -0.4 is 4.90 Å². The fourth-order valence-corrected chi connectivity index (χ4v) is 3.00. The minimum absolute atomic E-state index is 0.0694. The van der Waals surface area contributed by atoms with E-state index < -0.39 is 0 Å². The van der Waals surface area contributed by atoms with Gasteiger partial charge in [0.1, 0.15) is 0 Å². The predicted octanol–water partition coefficient (Wildman–Crippen LogP) is 1.24. The Labute approximate surface area is 111 Å². The van der Waals surface area contributed by atoms with Gasteiger partial charge >= 0.3 is 0 Å². The number of hydrogen-bond acceptors (Lipinski definition) is 6. The third kappa shape index (κ3) is 2.88. The molecule has 0 unspecified atom stereocenters. The van der Waals surface area contributed by atoms with Crippen LogP contribution in [-0.4, -0.2) is 56.0 Å². The number of carbonyl (C=O) groups excluding carboxylic acids is 1. The molecule has 2 heterocycles. The first-order valence-electron chi connectivity index (χ1n) is 6.05. The lowest BCUT2D eigenvalue weighted by Gasteiger charge is -2.32. The molecule has 0 aliphatic carbocycles. The molecule has 0 spiro atoms. The molecule has 18 heavy (non-hydrogen) atoms. The minimum Gasteiger partial charge on any atom is -0.378 e. The van der Waals surface area contributed by atoms with Crippen molar-refractivity contribution >= 4 is 22.3 Å². The standard InChI is InChI=1S/C12H19N3O2S/c1-9(16)11-10(8-17-3)13-12(18-11)15-6-4-14(2)5-7-15/h4-8H2,1-3H3. The van der Waals surface area contributed by atoms with Crippen LogP contribution in [0.2, 0.25) is 0 Å². The van der Waals surface area contributed by atoms with Gasteiger partial charge in [-0.15, -0.1) is 0 Å². The molecule has 0 atom stereocenters. The minimum atomic E-state index is 0.0694. The van der Waals surface area contributed by atoms with E-state index in [9.17, 15) is 4.79 Å². The van der Waals surface area contributed by atoms with E-state index in [2.05, 4.69) is 21.8 Å². The van der Waals surface area contributed by atoms with Gasteiger partial charge < -0.3 is 14.5 Å². The van der Waals surface area contributed by atoms with Crippen LogP contribution in [0.25, 0.3) is 0 Å². The zero-order chi connectivity index (χ0) is 13.1. The van der Waals surface area contributed by atoms with E-state index in [0.717, 1.165) is 41.9 Å². The van der Waals surface area contributed by atoms with E-state index in [1.54, 1.807) is 14.0 Å². The van der Waals surface area contributed by atoms with Crippen LogP contribution in [0, 0.1) is 0 Å². The highest BCUT2D eigenvalue weighted by atomic mass is 32.1. The second-order valence-electron chi connectivity index (χ2n) is 4.55. The Balaban J connectivity index is 2.18. The van der Waals surface area contributed by atoms with Crippen molar-refractivity contribution in [3.8, 4) is 0 Å². The van der Waals surface area contributed by atoms with Gasteiger partial charge in [0.2, 0.25) is 0 Å². The Bertz CT molecular complexity index is 425. The van der Waals surface area contributed by atoms with Crippen molar-refractivity contribution in [3.63, 3.8) is 0 Å². The van der Waals surface area contributed by atoms with Crippen LogP contribution in [0.3, 0.4) is 0 Å². The monoisotopic (exact) mass is 269 g/mol. The number of rotatable bonds is 4. The maximum Gasteiger partial charge on any atom is 0.186 e. The molecule has 100 valence electrons. The smallest absolute Gasteiger partial charge is 0.186 e. The highest BCUT2D eigenvalue weighted by Gasteiger charge is 2.21. The molecule has 0 N–H and O–H groups in total. The number of piperazine rings is 1. The number of carbonyl (C=O) groups is 1. The molecule has 1 aliphatic heterocycles. The highest BCUT2D eigenvalue weighted by molar-refractivity contribution is 7.17. The highest BCUT2D eigenvalue weighted by Crippen LogP contribution is 2.28. The van der Waals surface area contributed by atoms with Crippen molar-refractivity contribution in [1.29, 1.82) is 0 Å². The number of aromatic nitrogens is 1. The Morgan fingerprint density at radius 2 is 2.06 bits per heavy atom. The van der Waals surface area contributed by atoms with Crippen molar-refractivity contribution in [2.24, 2.45) is 0 Å². The van der Waals surface area contributed by atoms with Crippen LogP contribution in [0.4, 0.5) is 5.13 Å². The Morgan fingerprint density at radius 1 is 1.39 bits per heavy atom. The lowest BCUT2D eigenvalue weighted by molar-refractivity contribution is 0.101. The summed E-state index contributed by atoms with van der Waals surface area (Å²) in [5.74, 6) is 0.0694. The zero-order valence-electron chi connectivity index (χ0n) is 11.1. The molecule has 0 bridgehead atoms. The Kier molecular flexibility index (Phi) is 4.31. The molecule has 0 amide bonds. The second-order valence-corrected chi connectivity index (χ2v) is 5.53. The van der Waals surface area contributed by atoms with Gasteiger partial charge in [-0.05, 0) is 7.05 Å². The zero-order valence-corrected chi connectivity index (χ0v) is 11.9. The summed E-state index contributed by atoms with van der Waals surface area (Å²) in [6.07, 6.45) is 0. The van der Waals surface area contributed by atoms with Gasteiger partial charge in [-0.1, -0.05) is 11.3 Å². The van der Waals surface area contributed by atoms with Crippen LogP contribution in [0.15, 0.2) is 0 Å². The first kappa shape index (κ1) is 13.5. The molecule has 1 saturated heterocycles. The van der Waals surface area contributed by atoms with E-state index in [0.29, 0.717) is 6.61 Å². The van der Waals surface area contributed by atoms with Gasteiger partial charge in [-0.3, -0.25) is 4.79 Å². The number of nitrogens with zero attached hydrogens (tertiary/aromatic N) is 3. The van der Waals surface area contributed by atoms with Crippen molar-refractivity contribution in [2.45, 2.75) is 13.5 Å². The third-order valence-corrected chi connectivity index (χ3v) is 4.32. The molecule has 0 radical (unpaired) electrons. The maximum absolute atomic E-state index is 11.6. The van der Waals surface area contributed by atoms with Crippen molar-refractivity contribution in [1.82, 2.24) is 9.88 Å². The van der Waals surface area contributed by atoms with E-state index in [-0.39, 0.29) is 5.78 Å². The number of methoxy groups -OCH3 is 1. The van der Waals surface area contributed by atoms with Gasteiger partial charge in [-0.25, -0.2) is 4.98 Å². The van der Waals surface area contributed by atoms with Gasteiger partial charge in [-0.2, -0.15) is 0 Å². The number of ketones is 1. The number of likely N-dealkylation sites (N-methyl/N-ethyl adjacent to an activating group) is 1. The van der Waals surface area contributed by atoms with Crippen LogP contribution in [0.5, 0.6) is 0 Å². The summed E-state index contributed by atoms with van der Waals surface area (Å²) < 4.78 is 5.10. The van der Waals surface area contributed by atoms with Crippen LogP contribution in [0.1, 0.15) is 22.3 Å². The first-order valence-corrected chi connectivity index (χ1v) is 6.86. The molecule has 5 nitrogen and oxygen atoms in total. The predicted molar refractivity (Wildman–Crippen MR) is 72.5 cm³/mol. The summed E-state index contributed by atoms with van der Waals surface area (Å²) in [7, 11) is 3.75. The van der Waals surface area contributed by atoms with Gasteiger partial charge in [0.25, 0.3) is 0 Å². The molecular weight excluding hydrogens is 250 g/mol. The molecule has 0 saturated carbocycles. The van der Waals surface area contributed by atoms with E-state index in [1.165, 1.54) is 11.3 Å². The molecular formula is C12H19N3O2S. The summed E-state index contributed by atoms with van der Waals surface area (Å²) in [4.78, 5) is 21.4. The van der Waals surface area contributed by atoms with Crippen LogP contribution in [-0.2, 0) is 11.3 Å². The molecule has 0 aromatic carbocycles. The lowest BCUT2D eigenvalue weighted by atomic mass is 10.3. The molecule has 2 rings (SSSR count). The van der Waals surface area contributed by atoms with Crippen LogP contribution >= 0.6 is 11.3 Å². The molecule has 1 aromatic rings. The average Bonchev–Trinajstić information content (AvgIpc) is 2.75. The van der Waals surface area contributed by atoms with Gasteiger partial charge in [0.05, 0.1) is 17.2 Å². The summed E-state index contributed by atoms with van der Waals surface area (Å²) in [6, 6.07) is 0. The van der Waals surface area contributed by atoms with Crippen molar-refractivity contribution < 1.29 is 9.53 Å². The van der Waals surface area contributed by atoms with E-state index >= 15 is 0 Å². The molecule has 1 aromatic heterocycles. The van der Waals surface area contributed by atoms with E-state index in [1.807, 2.05) is 0 Å². The summed E-state index contributed by atoms with van der Waals surface area (Å²) in [5, 5.41) is 0.945. The maximum atomic E-state index is 11.6. The Morgan fingerprint density at radius 3 is 2.61 bits per heavy atom. The number of anilines is 1. The van der Waals surface area contributed by atoms with Gasteiger partial charge in [0.15, 0.2) is 10.9 Å². The SMILES string of the molecule is COCc1nc(N2CCN(C)CC2)sc1C(C)=O. The summed E-state index contributed by atoms with van der Waals surface area (Å²) >= 11 is 1.48. The fraction of sp³-hybridized carbons (Fsp3) is 0.667. The third-order valence-electron chi connectivity index (χ3n) is 3.06. The van der Waals surface area contributed by atoms with E-state index in [4.69, 9.17) is 4.74 Å². The molecule has 1 fully saturated rings. The fourth-order valence-electron chi connectivity index (χ4n) is 1.98.